The van der Waals surface area contributed by atoms with Gasteiger partial charge in [-0.25, -0.2) is 8.78 Å². The van der Waals surface area contributed by atoms with Crippen molar-refractivity contribution in [2.75, 3.05) is 37.7 Å². The molecule has 8 rings (SSSR count). The molecule has 0 radical (unpaired) electrons. The summed E-state index contributed by atoms with van der Waals surface area (Å²) in [6.07, 6.45) is 9.47. The molecule has 6 nitrogen and oxygen atoms in total. The zero-order chi connectivity index (χ0) is 28.4. The van der Waals surface area contributed by atoms with Crippen LogP contribution in [0.4, 0.5) is 14.6 Å². The molecule has 42 heavy (non-hydrogen) atoms. The first-order valence-corrected chi connectivity index (χ1v) is 15.0. The lowest BCUT2D eigenvalue weighted by Gasteiger charge is -2.37. The fourth-order valence-corrected chi connectivity index (χ4v) is 8.05. The Labute approximate surface area is 244 Å². The fraction of sp³-hybridized carbons (Fsp3) is 0.412. The van der Waals surface area contributed by atoms with E-state index in [9.17, 15) is 4.39 Å². The van der Waals surface area contributed by atoms with Crippen molar-refractivity contribution in [2.24, 2.45) is 0 Å². The summed E-state index contributed by atoms with van der Waals surface area (Å²) in [6.45, 7) is 3.34. The fourth-order valence-electron chi connectivity index (χ4n) is 8.05. The number of aromatic nitrogens is 2. The maximum absolute atomic E-state index is 16.8. The van der Waals surface area contributed by atoms with E-state index in [2.05, 4.69) is 21.0 Å². The van der Waals surface area contributed by atoms with Gasteiger partial charge in [0.1, 0.15) is 24.1 Å². The van der Waals surface area contributed by atoms with Gasteiger partial charge in [-0.15, -0.1) is 6.42 Å². The number of benzene rings is 3. The smallest absolute Gasteiger partial charge is 0.319 e. The minimum atomic E-state index is -0.855. The highest BCUT2D eigenvalue weighted by Crippen LogP contribution is 2.42. The van der Waals surface area contributed by atoms with Gasteiger partial charge < -0.3 is 15.0 Å². The van der Waals surface area contributed by atoms with Gasteiger partial charge in [0.15, 0.2) is 5.82 Å². The molecule has 0 saturated carbocycles. The van der Waals surface area contributed by atoms with Crippen molar-refractivity contribution >= 4 is 27.5 Å². The summed E-state index contributed by atoms with van der Waals surface area (Å²) in [6, 6.07) is 16.1. The maximum Gasteiger partial charge on any atom is 0.319 e. The molecule has 4 aliphatic heterocycles. The van der Waals surface area contributed by atoms with Crippen LogP contribution in [0.25, 0.3) is 32.8 Å². The first-order chi connectivity index (χ1) is 20.5. The van der Waals surface area contributed by atoms with E-state index in [0.29, 0.717) is 36.3 Å². The van der Waals surface area contributed by atoms with Crippen molar-refractivity contribution in [3.8, 4) is 29.5 Å². The van der Waals surface area contributed by atoms with Crippen LogP contribution in [-0.2, 0) is 0 Å². The molecule has 0 aliphatic carbocycles. The lowest BCUT2D eigenvalue weighted by atomic mass is 9.93. The molecule has 0 spiro atoms. The SMILES string of the molecule is C#Cc1cccc2cccc(-c3ccc4c(N5C6CCC5CNC6)nc(OC[C@@]56CCCN5C[C@H](F)C6)nc4c3F)c12. The summed E-state index contributed by atoms with van der Waals surface area (Å²) in [4.78, 5) is 14.2. The van der Waals surface area contributed by atoms with Crippen LogP contribution in [0.3, 0.4) is 0 Å². The number of piperazine rings is 1. The summed E-state index contributed by atoms with van der Waals surface area (Å²) in [5.41, 5.74) is 1.77. The van der Waals surface area contributed by atoms with Gasteiger partial charge >= 0.3 is 6.01 Å². The molecule has 4 fully saturated rings. The van der Waals surface area contributed by atoms with Crippen LogP contribution < -0.4 is 15.0 Å². The first-order valence-electron chi connectivity index (χ1n) is 15.0. The van der Waals surface area contributed by atoms with E-state index in [1.54, 1.807) is 0 Å². The maximum atomic E-state index is 16.8. The highest BCUT2D eigenvalue weighted by atomic mass is 19.1. The van der Waals surface area contributed by atoms with Crippen LogP contribution in [0.15, 0.2) is 48.5 Å². The van der Waals surface area contributed by atoms with Crippen molar-refractivity contribution in [3.63, 3.8) is 0 Å². The number of terminal acetylenes is 1. The Kier molecular flexibility index (Phi) is 6.09. The molecule has 4 saturated heterocycles. The Morgan fingerprint density at radius 1 is 1.05 bits per heavy atom. The van der Waals surface area contributed by atoms with Crippen LogP contribution in [0.5, 0.6) is 6.01 Å². The summed E-state index contributed by atoms with van der Waals surface area (Å²) in [5.74, 6) is 3.06. The number of anilines is 1. The van der Waals surface area contributed by atoms with Crippen molar-refractivity contribution in [3.05, 3.63) is 59.9 Å². The van der Waals surface area contributed by atoms with E-state index in [-0.39, 0.29) is 29.1 Å². The summed E-state index contributed by atoms with van der Waals surface area (Å²) >= 11 is 0. The van der Waals surface area contributed by atoms with E-state index < -0.39 is 12.0 Å². The highest BCUT2D eigenvalue weighted by molar-refractivity contribution is 6.03. The van der Waals surface area contributed by atoms with Gasteiger partial charge in [0.2, 0.25) is 0 Å². The van der Waals surface area contributed by atoms with Gasteiger partial charge in [-0.2, -0.15) is 9.97 Å². The molecule has 4 aromatic rings. The molecule has 1 N–H and O–H groups in total. The lowest BCUT2D eigenvalue weighted by molar-refractivity contribution is 0.107. The van der Waals surface area contributed by atoms with E-state index in [1.807, 2.05) is 48.5 Å². The van der Waals surface area contributed by atoms with Crippen LogP contribution >= 0.6 is 0 Å². The summed E-state index contributed by atoms with van der Waals surface area (Å²) < 4.78 is 37.5. The average Bonchev–Trinajstić information content (AvgIpc) is 3.61. The molecule has 214 valence electrons. The lowest BCUT2D eigenvalue weighted by Crippen LogP contribution is -2.52. The Bertz CT molecular complexity index is 1730. The molecule has 3 aromatic carbocycles. The van der Waals surface area contributed by atoms with Gasteiger partial charge in [0.25, 0.3) is 0 Å². The monoisotopic (exact) mass is 565 g/mol. The zero-order valence-electron chi connectivity index (χ0n) is 23.5. The number of fused-ring (bicyclic) bond motifs is 5. The van der Waals surface area contributed by atoms with Gasteiger partial charge in [-0.05, 0) is 55.3 Å². The third-order valence-corrected chi connectivity index (χ3v) is 9.97. The summed E-state index contributed by atoms with van der Waals surface area (Å²) in [7, 11) is 0. The minimum absolute atomic E-state index is 0.150. The van der Waals surface area contributed by atoms with Crippen molar-refractivity contribution in [1.82, 2.24) is 20.2 Å². The quantitative estimate of drug-likeness (QED) is 0.324. The summed E-state index contributed by atoms with van der Waals surface area (Å²) in [5, 5.41) is 5.99. The highest BCUT2D eigenvalue weighted by Gasteiger charge is 2.49. The molecule has 0 amide bonds. The Balaban J connectivity index is 1.27. The van der Waals surface area contributed by atoms with E-state index in [0.717, 1.165) is 67.2 Å². The van der Waals surface area contributed by atoms with Crippen LogP contribution in [0.1, 0.15) is 37.7 Å². The van der Waals surface area contributed by atoms with Crippen molar-refractivity contribution in [1.29, 1.82) is 0 Å². The van der Waals surface area contributed by atoms with Gasteiger partial charge in [0, 0.05) is 60.0 Å². The van der Waals surface area contributed by atoms with Crippen LogP contribution in [0, 0.1) is 18.2 Å². The largest absolute Gasteiger partial charge is 0.461 e. The number of halogens is 2. The minimum Gasteiger partial charge on any atom is -0.461 e. The molecule has 1 aromatic heterocycles. The van der Waals surface area contributed by atoms with Crippen molar-refractivity contribution < 1.29 is 13.5 Å². The van der Waals surface area contributed by atoms with E-state index in [4.69, 9.17) is 21.1 Å². The second-order valence-electron chi connectivity index (χ2n) is 12.3. The molecule has 2 unspecified atom stereocenters. The van der Waals surface area contributed by atoms with Gasteiger partial charge in [-0.1, -0.05) is 42.3 Å². The number of hydrogen-bond acceptors (Lipinski definition) is 6. The molecule has 5 heterocycles. The molecule has 4 atom stereocenters. The molecular weight excluding hydrogens is 532 g/mol. The van der Waals surface area contributed by atoms with Crippen molar-refractivity contribution in [2.45, 2.75) is 55.9 Å². The van der Waals surface area contributed by atoms with Crippen LogP contribution in [-0.4, -0.2) is 71.4 Å². The third-order valence-electron chi connectivity index (χ3n) is 9.97. The topological polar surface area (TPSA) is 53.5 Å². The predicted molar refractivity (Wildman–Crippen MR) is 161 cm³/mol. The number of nitrogens with one attached hydrogen (secondary N) is 1. The Hall–Kier alpha value is -3.80. The molecule has 4 aliphatic rings. The molecule has 2 bridgehead atoms. The zero-order valence-corrected chi connectivity index (χ0v) is 23.5. The van der Waals surface area contributed by atoms with E-state index in [1.165, 1.54) is 0 Å². The van der Waals surface area contributed by atoms with Crippen LogP contribution in [0.2, 0.25) is 0 Å². The molecular formula is C34H33F2N5O. The average molecular weight is 566 g/mol. The molecule has 8 heteroatoms. The predicted octanol–water partition coefficient (Wildman–Crippen LogP) is 5.47. The number of alkyl halides is 1. The van der Waals surface area contributed by atoms with Gasteiger partial charge in [0.05, 0.1) is 5.54 Å². The standard InChI is InChI=1S/C34H33F2N5O/c1-2-21-6-3-7-22-8-4-9-26(29(21)22)27-12-13-28-31(30(27)36)38-33(39-32(28)41-24-10-11-25(41)18-37-17-24)42-20-34-14-5-15-40(34)19-23(35)16-34/h1,3-4,6-9,12-13,23-25,37H,5,10-11,14-20H2/t23-,24?,25?,34+/m1/s1. The number of ether oxygens (including phenoxy) is 1. The number of nitrogens with zero attached hydrogens (tertiary/aromatic N) is 4. The first kappa shape index (κ1) is 25.9. The second-order valence-corrected chi connectivity index (χ2v) is 12.3. The van der Waals surface area contributed by atoms with Gasteiger partial charge in [-0.3, -0.25) is 4.90 Å². The van der Waals surface area contributed by atoms with E-state index >= 15 is 4.39 Å². The number of rotatable bonds is 5. The second kappa shape index (κ2) is 9.89. The Morgan fingerprint density at radius 3 is 2.67 bits per heavy atom. The normalized spacial score (nSPS) is 27.1. The third kappa shape index (κ3) is 3.98. The Morgan fingerprint density at radius 2 is 1.86 bits per heavy atom. The number of hydrogen-bond donors (Lipinski definition) is 1.